The van der Waals surface area contributed by atoms with Crippen molar-refractivity contribution in [2.45, 2.75) is 39.8 Å². The maximum absolute atomic E-state index is 3.56. The zero-order valence-corrected chi connectivity index (χ0v) is 9.87. The molecule has 0 spiro atoms. The van der Waals surface area contributed by atoms with Crippen LogP contribution in [0.25, 0.3) is 0 Å². The van der Waals surface area contributed by atoms with Crippen LogP contribution in [0, 0.1) is 11.8 Å². The van der Waals surface area contributed by atoms with Crippen LogP contribution in [0.2, 0.25) is 0 Å². The molecule has 1 aromatic rings. The minimum Gasteiger partial charge on any atom is -0.351 e. The Labute approximate surface area is 92.7 Å². The van der Waals surface area contributed by atoms with E-state index in [4.69, 9.17) is 0 Å². The van der Waals surface area contributed by atoms with Gasteiger partial charge in [-0.15, -0.1) is 0 Å². The van der Waals surface area contributed by atoms with Gasteiger partial charge in [0.25, 0.3) is 0 Å². The summed E-state index contributed by atoms with van der Waals surface area (Å²) < 4.78 is 2.30. The highest BCUT2D eigenvalue weighted by Gasteiger charge is 2.27. The fourth-order valence-electron chi connectivity index (χ4n) is 2.18. The largest absolute Gasteiger partial charge is 0.351 e. The van der Waals surface area contributed by atoms with E-state index in [1.807, 2.05) is 0 Å². The Morgan fingerprint density at radius 1 is 1.53 bits per heavy atom. The highest BCUT2D eigenvalue weighted by molar-refractivity contribution is 5.06. The molecule has 15 heavy (non-hydrogen) atoms. The average Bonchev–Trinajstić information content (AvgIpc) is 2.99. The number of aromatic nitrogens is 1. The molecule has 2 nitrogen and oxygen atoms in total. The number of rotatable bonds is 6. The van der Waals surface area contributed by atoms with E-state index in [0.717, 1.165) is 24.9 Å². The highest BCUT2D eigenvalue weighted by atomic mass is 15.0. The van der Waals surface area contributed by atoms with Crippen molar-refractivity contribution in [3.05, 3.63) is 24.0 Å². The number of nitrogens with zero attached hydrogens (tertiary/aromatic N) is 1. The Morgan fingerprint density at radius 2 is 2.33 bits per heavy atom. The zero-order valence-electron chi connectivity index (χ0n) is 9.87. The molecule has 0 saturated heterocycles. The predicted octanol–water partition coefficient (Wildman–Crippen LogP) is 2.64. The molecule has 84 valence electrons. The van der Waals surface area contributed by atoms with Crippen LogP contribution in [0.1, 0.15) is 32.4 Å². The van der Waals surface area contributed by atoms with Crippen LogP contribution < -0.4 is 5.32 Å². The summed E-state index contributed by atoms with van der Waals surface area (Å²) in [6.07, 6.45) is 5.06. The minimum atomic E-state index is 0.857. The van der Waals surface area contributed by atoms with Crippen LogP contribution in [-0.4, -0.2) is 11.1 Å². The molecule has 2 heteroatoms. The van der Waals surface area contributed by atoms with Gasteiger partial charge in [-0.3, -0.25) is 0 Å². The van der Waals surface area contributed by atoms with E-state index in [0.29, 0.717) is 0 Å². The Balaban J connectivity index is 1.72. The van der Waals surface area contributed by atoms with Crippen molar-refractivity contribution in [3.63, 3.8) is 0 Å². The quantitative estimate of drug-likeness (QED) is 0.757. The lowest BCUT2D eigenvalue weighted by Gasteiger charge is -2.12. The molecule has 0 aliphatic heterocycles. The van der Waals surface area contributed by atoms with Crippen LogP contribution in [-0.2, 0) is 13.1 Å². The smallest absolute Gasteiger partial charge is 0.0359 e. The number of aryl methyl sites for hydroxylation is 1. The van der Waals surface area contributed by atoms with Gasteiger partial charge in [-0.2, -0.15) is 0 Å². The summed E-state index contributed by atoms with van der Waals surface area (Å²) in [4.78, 5) is 0. The van der Waals surface area contributed by atoms with E-state index >= 15 is 0 Å². The Bertz CT molecular complexity index is 299. The molecule has 1 aliphatic rings. The maximum Gasteiger partial charge on any atom is 0.0359 e. The third-order valence-corrected chi connectivity index (χ3v) is 3.46. The summed E-state index contributed by atoms with van der Waals surface area (Å²) in [7, 11) is 0. The molecule has 1 unspecified atom stereocenters. The van der Waals surface area contributed by atoms with Gasteiger partial charge in [0.05, 0.1) is 0 Å². The van der Waals surface area contributed by atoms with Crippen molar-refractivity contribution in [2.24, 2.45) is 11.8 Å². The van der Waals surface area contributed by atoms with Gasteiger partial charge >= 0.3 is 0 Å². The molecule has 2 rings (SSSR count). The number of nitrogens with one attached hydrogen (secondary N) is 1. The molecular weight excluding hydrogens is 184 g/mol. The molecule has 0 amide bonds. The molecule has 1 aliphatic carbocycles. The molecule has 1 atom stereocenters. The van der Waals surface area contributed by atoms with Crippen molar-refractivity contribution < 1.29 is 0 Å². The Hall–Kier alpha value is -0.760. The lowest BCUT2D eigenvalue weighted by Crippen LogP contribution is -2.23. The molecule has 1 saturated carbocycles. The van der Waals surface area contributed by atoms with Crippen molar-refractivity contribution in [1.29, 1.82) is 0 Å². The van der Waals surface area contributed by atoms with Gasteiger partial charge in [0.2, 0.25) is 0 Å². The van der Waals surface area contributed by atoms with Gasteiger partial charge in [-0.1, -0.05) is 6.92 Å². The Kier molecular flexibility index (Phi) is 3.47. The van der Waals surface area contributed by atoms with Crippen LogP contribution >= 0.6 is 0 Å². The molecular formula is C13H22N2. The topological polar surface area (TPSA) is 17.0 Å². The summed E-state index contributed by atoms with van der Waals surface area (Å²) in [5, 5.41) is 3.56. The van der Waals surface area contributed by atoms with Crippen LogP contribution in [0.3, 0.4) is 0 Å². The summed E-state index contributed by atoms with van der Waals surface area (Å²) in [6, 6.07) is 4.34. The van der Waals surface area contributed by atoms with Gasteiger partial charge in [0.1, 0.15) is 0 Å². The van der Waals surface area contributed by atoms with Gasteiger partial charge in [0.15, 0.2) is 0 Å². The lowest BCUT2D eigenvalue weighted by molar-refractivity contribution is 0.456. The van der Waals surface area contributed by atoms with Crippen LogP contribution in [0.4, 0.5) is 0 Å². The molecule has 1 N–H and O–H groups in total. The normalized spacial score (nSPS) is 18.0. The summed E-state index contributed by atoms with van der Waals surface area (Å²) in [6.45, 7) is 7.81. The lowest BCUT2D eigenvalue weighted by atomic mass is 10.1. The van der Waals surface area contributed by atoms with Crippen molar-refractivity contribution >= 4 is 0 Å². The van der Waals surface area contributed by atoms with Gasteiger partial charge in [0, 0.05) is 25.0 Å². The third kappa shape index (κ3) is 2.85. The fraction of sp³-hybridized carbons (Fsp3) is 0.692. The second-order valence-corrected chi connectivity index (χ2v) is 4.73. The second kappa shape index (κ2) is 4.84. The summed E-state index contributed by atoms with van der Waals surface area (Å²) >= 11 is 0. The fourth-order valence-corrected chi connectivity index (χ4v) is 2.18. The Morgan fingerprint density at radius 3 is 3.00 bits per heavy atom. The van der Waals surface area contributed by atoms with E-state index in [1.54, 1.807) is 0 Å². The first-order valence-corrected chi connectivity index (χ1v) is 6.16. The summed E-state index contributed by atoms with van der Waals surface area (Å²) in [5.41, 5.74) is 1.40. The first kappa shape index (κ1) is 10.7. The van der Waals surface area contributed by atoms with E-state index in [9.17, 15) is 0 Å². The van der Waals surface area contributed by atoms with Crippen molar-refractivity contribution in [3.8, 4) is 0 Å². The predicted molar refractivity (Wildman–Crippen MR) is 63.7 cm³/mol. The average molecular weight is 206 g/mol. The molecule has 0 aromatic carbocycles. The van der Waals surface area contributed by atoms with Crippen LogP contribution in [0.15, 0.2) is 18.3 Å². The number of hydrogen-bond donors (Lipinski definition) is 1. The molecule has 0 bridgehead atoms. The van der Waals surface area contributed by atoms with Gasteiger partial charge in [-0.25, -0.2) is 0 Å². The van der Waals surface area contributed by atoms with Gasteiger partial charge in [-0.05, 0) is 50.3 Å². The number of hydrogen-bond acceptors (Lipinski definition) is 1. The van der Waals surface area contributed by atoms with E-state index in [1.165, 1.54) is 25.1 Å². The molecule has 1 heterocycles. The van der Waals surface area contributed by atoms with Crippen LogP contribution in [0.5, 0.6) is 0 Å². The first-order valence-electron chi connectivity index (χ1n) is 6.16. The standard InChI is InChI=1S/C13H22N2/c1-3-15-8-4-5-13(15)10-14-9-11(2)12-6-7-12/h4-5,8,11-12,14H,3,6-7,9-10H2,1-2H3. The summed E-state index contributed by atoms with van der Waals surface area (Å²) in [5.74, 6) is 1.87. The highest BCUT2D eigenvalue weighted by Crippen LogP contribution is 2.36. The SMILES string of the molecule is CCn1cccc1CNCC(C)C1CC1. The van der Waals surface area contributed by atoms with Crippen molar-refractivity contribution in [1.82, 2.24) is 9.88 Å². The maximum atomic E-state index is 3.56. The minimum absolute atomic E-state index is 0.857. The van der Waals surface area contributed by atoms with Gasteiger partial charge < -0.3 is 9.88 Å². The molecule has 1 aromatic heterocycles. The molecule has 0 radical (unpaired) electrons. The monoisotopic (exact) mass is 206 g/mol. The molecule has 1 fully saturated rings. The first-order chi connectivity index (χ1) is 7.31. The van der Waals surface area contributed by atoms with E-state index < -0.39 is 0 Å². The second-order valence-electron chi connectivity index (χ2n) is 4.73. The third-order valence-electron chi connectivity index (χ3n) is 3.46. The van der Waals surface area contributed by atoms with E-state index in [-0.39, 0.29) is 0 Å². The zero-order chi connectivity index (χ0) is 10.7. The van der Waals surface area contributed by atoms with E-state index in [2.05, 4.69) is 42.1 Å². The van der Waals surface area contributed by atoms with Crippen molar-refractivity contribution in [2.75, 3.05) is 6.54 Å².